The largest absolute Gasteiger partial charge is 0.353 e. The van der Waals surface area contributed by atoms with Gasteiger partial charge in [0.2, 0.25) is 11.8 Å². The van der Waals surface area contributed by atoms with Crippen molar-refractivity contribution in [2.75, 3.05) is 44.4 Å². The van der Waals surface area contributed by atoms with Crippen LogP contribution in [0, 0.1) is 11.6 Å². The summed E-state index contributed by atoms with van der Waals surface area (Å²) in [4.78, 5) is 30.1. The van der Waals surface area contributed by atoms with Crippen molar-refractivity contribution < 1.29 is 18.4 Å². The van der Waals surface area contributed by atoms with Gasteiger partial charge in [-0.1, -0.05) is 42.5 Å². The van der Waals surface area contributed by atoms with Crippen molar-refractivity contribution in [3.05, 3.63) is 102 Å². The van der Waals surface area contributed by atoms with E-state index >= 15 is 0 Å². The van der Waals surface area contributed by atoms with E-state index in [-0.39, 0.29) is 29.9 Å². The Morgan fingerprint density at radius 3 is 2.48 bits per heavy atom. The first kappa shape index (κ1) is 27.5. The minimum absolute atomic E-state index is 0.0679. The molecule has 0 spiro atoms. The number of aromatic nitrogens is 2. The van der Waals surface area contributed by atoms with Gasteiger partial charge in [0.1, 0.15) is 24.0 Å². The van der Waals surface area contributed by atoms with Crippen molar-refractivity contribution >= 4 is 29.4 Å². The smallest absolute Gasteiger partial charge is 0.240 e. The summed E-state index contributed by atoms with van der Waals surface area (Å²) in [5.41, 5.74) is 3.27. The third-order valence-corrected chi connectivity index (χ3v) is 7.80. The lowest BCUT2D eigenvalue weighted by Crippen LogP contribution is -2.43. The number of fused-ring (bicyclic) bond motifs is 1. The SMILES string of the molecule is CN(C)CCNC(=O)CN1C(=O)CSC(c2cccc(F)c2)c2c(-c3ccccc3)nn(-c3ccc(F)cc3)c21. The van der Waals surface area contributed by atoms with E-state index < -0.39 is 11.1 Å². The minimum Gasteiger partial charge on any atom is -0.353 e. The zero-order chi connectivity index (χ0) is 28.2. The number of halogens is 2. The molecule has 0 aliphatic carbocycles. The molecule has 0 radical (unpaired) electrons. The third-order valence-electron chi connectivity index (χ3n) is 6.54. The molecule has 3 aromatic carbocycles. The average Bonchev–Trinajstić information content (AvgIpc) is 3.26. The fourth-order valence-corrected chi connectivity index (χ4v) is 5.83. The molecule has 7 nitrogen and oxygen atoms in total. The molecular weight excluding hydrogens is 532 g/mol. The van der Waals surface area contributed by atoms with Crippen molar-refractivity contribution in [1.82, 2.24) is 20.0 Å². The molecule has 1 aromatic heterocycles. The van der Waals surface area contributed by atoms with Gasteiger partial charge in [-0.25, -0.2) is 13.5 Å². The Balaban J connectivity index is 1.72. The Morgan fingerprint density at radius 2 is 1.77 bits per heavy atom. The van der Waals surface area contributed by atoms with Crippen molar-refractivity contribution in [1.29, 1.82) is 0 Å². The number of nitrogens with zero attached hydrogens (tertiary/aromatic N) is 4. The number of nitrogens with one attached hydrogen (secondary N) is 1. The number of benzene rings is 3. The highest BCUT2D eigenvalue weighted by atomic mass is 32.2. The quantitative estimate of drug-likeness (QED) is 0.339. The summed E-state index contributed by atoms with van der Waals surface area (Å²) in [5, 5.41) is 7.35. The molecule has 0 saturated heterocycles. The summed E-state index contributed by atoms with van der Waals surface area (Å²) in [6.07, 6.45) is 0. The highest BCUT2D eigenvalue weighted by Crippen LogP contribution is 2.48. The molecule has 0 saturated carbocycles. The number of likely N-dealkylation sites (N-methyl/N-ethyl adjacent to an activating group) is 1. The van der Waals surface area contributed by atoms with Crippen LogP contribution in [0.3, 0.4) is 0 Å². The molecule has 1 N–H and O–H groups in total. The van der Waals surface area contributed by atoms with Crippen molar-refractivity contribution in [2.45, 2.75) is 5.25 Å². The summed E-state index contributed by atoms with van der Waals surface area (Å²) in [6, 6.07) is 21.6. The summed E-state index contributed by atoms with van der Waals surface area (Å²) >= 11 is 1.36. The van der Waals surface area contributed by atoms with Gasteiger partial charge in [-0.05, 0) is 56.1 Å². The van der Waals surface area contributed by atoms with Crippen LogP contribution in [0.5, 0.6) is 0 Å². The zero-order valence-corrected chi connectivity index (χ0v) is 23.0. The fraction of sp³-hybridized carbons (Fsp3) is 0.233. The monoisotopic (exact) mass is 561 g/mol. The van der Waals surface area contributed by atoms with E-state index in [1.54, 1.807) is 22.9 Å². The number of rotatable bonds is 8. The molecule has 1 atom stereocenters. The van der Waals surface area contributed by atoms with E-state index in [1.165, 1.54) is 40.9 Å². The summed E-state index contributed by atoms with van der Waals surface area (Å²) in [7, 11) is 3.82. The lowest BCUT2D eigenvalue weighted by molar-refractivity contribution is -0.122. The number of hydrogen-bond donors (Lipinski definition) is 1. The van der Waals surface area contributed by atoms with E-state index in [2.05, 4.69) is 5.32 Å². The van der Waals surface area contributed by atoms with Gasteiger partial charge >= 0.3 is 0 Å². The first-order chi connectivity index (χ1) is 19.3. The highest BCUT2D eigenvalue weighted by molar-refractivity contribution is 8.00. The molecule has 206 valence electrons. The maximum atomic E-state index is 14.4. The molecule has 1 aliphatic rings. The maximum Gasteiger partial charge on any atom is 0.240 e. The first-order valence-electron chi connectivity index (χ1n) is 12.8. The van der Waals surface area contributed by atoms with Crippen molar-refractivity contribution in [3.8, 4) is 16.9 Å². The summed E-state index contributed by atoms with van der Waals surface area (Å²) in [6.45, 7) is 0.846. The molecule has 1 aliphatic heterocycles. The molecular formula is C30H29F2N5O2S. The Bertz CT molecular complexity index is 1510. The molecule has 40 heavy (non-hydrogen) atoms. The maximum absolute atomic E-state index is 14.4. The number of hydrogen-bond acceptors (Lipinski definition) is 5. The van der Waals surface area contributed by atoms with E-state index in [4.69, 9.17) is 5.10 Å². The standard InChI is InChI=1S/C30H29F2N5O2S/c1-35(2)16-15-33-25(38)18-36-26(39)19-40-29(21-9-6-10-23(32)17-21)27-28(20-7-4-3-5-8-20)34-37(30(27)36)24-13-11-22(31)12-14-24/h3-14,17,29H,15-16,18-19H2,1-2H3,(H,33,38). The first-order valence-corrected chi connectivity index (χ1v) is 13.9. The lowest BCUT2D eigenvalue weighted by atomic mass is 9.99. The second-order valence-corrected chi connectivity index (χ2v) is 10.8. The second-order valence-electron chi connectivity index (χ2n) is 9.72. The van der Waals surface area contributed by atoms with Gasteiger partial charge in [0, 0.05) is 24.2 Å². The summed E-state index contributed by atoms with van der Waals surface area (Å²) < 4.78 is 29.9. The number of carbonyl (C=O) groups is 2. The number of amides is 2. The van der Waals surface area contributed by atoms with Crippen LogP contribution in [-0.2, 0) is 9.59 Å². The average molecular weight is 562 g/mol. The van der Waals surface area contributed by atoms with Gasteiger partial charge in [-0.15, -0.1) is 11.8 Å². The van der Waals surface area contributed by atoms with Crippen LogP contribution < -0.4 is 10.2 Å². The Labute approximate surface area is 235 Å². The van der Waals surface area contributed by atoms with Crippen LogP contribution in [0.2, 0.25) is 0 Å². The number of thioether (sulfide) groups is 1. The Hall–Kier alpha value is -4.02. The van der Waals surface area contributed by atoms with Crippen LogP contribution in [0.25, 0.3) is 16.9 Å². The molecule has 2 amide bonds. The van der Waals surface area contributed by atoms with E-state index in [9.17, 15) is 18.4 Å². The van der Waals surface area contributed by atoms with Crippen molar-refractivity contribution in [3.63, 3.8) is 0 Å². The fourth-order valence-electron chi connectivity index (χ4n) is 4.64. The Morgan fingerprint density at radius 1 is 1.02 bits per heavy atom. The number of anilines is 1. The molecule has 5 rings (SSSR count). The molecule has 0 bridgehead atoms. The molecule has 4 aromatic rings. The lowest BCUT2D eigenvalue weighted by Gasteiger charge is -2.23. The molecule has 10 heteroatoms. The highest BCUT2D eigenvalue weighted by Gasteiger charge is 2.37. The van der Waals surface area contributed by atoms with Crippen LogP contribution in [-0.4, -0.2) is 66.0 Å². The normalized spacial score (nSPS) is 15.2. The van der Waals surface area contributed by atoms with E-state index in [0.29, 0.717) is 41.4 Å². The zero-order valence-electron chi connectivity index (χ0n) is 22.2. The van der Waals surface area contributed by atoms with Crippen LogP contribution in [0.4, 0.5) is 14.6 Å². The van der Waals surface area contributed by atoms with Gasteiger partial charge in [0.25, 0.3) is 0 Å². The van der Waals surface area contributed by atoms with Crippen LogP contribution in [0.15, 0.2) is 78.9 Å². The van der Waals surface area contributed by atoms with E-state index in [0.717, 1.165) is 5.56 Å². The van der Waals surface area contributed by atoms with Crippen LogP contribution in [0.1, 0.15) is 16.4 Å². The van der Waals surface area contributed by atoms with Gasteiger partial charge in [0.15, 0.2) is 0 Å². The predicted molar refractivity (Wildman–Crippen MR) is 154 cm³/mol. The number of carbonyl (C=O) groups excluding carboxylic acids is 2. The predicted octanol–water partition coefficient (Wildman–Crippen LogP) is 4.66. The Kier molecular flexibility index (Phi) is 8.27. The van der Waals surface area contributed by atoms with E-state index in [1.807, 2.05) is 55.4 Å². The molecule has 2 heterocycles. The minimum atomic E-state index is -0.458. The second kappa shape index (κ2) is 12.0. The topological polar surface area (TPSA) is 70.5 Å². The van der Waals surface area contributed by atoms with Gasteiger partial charge in [-0.3, -0.25) is 14.5 Å². The molecule has 0 fully saturated rings. The van der Waals surface area contributed by atoms with Crippen LogP contribution >= 0.6 is 11.8 Å². The van der Waals surface area contributed by atoms with Crippen molar-refractivity contribution in [2.24, 2.45) is 0 Å². The summed E-state index contributed by atoms with van der Waals surface area (Å²) in [5.74, 6) is -0.929. The van der Waals surface area contributed by atoms with Gasteiger partial charge in [0.05, 0.1) is 22.4 Å². The third kappa shape index (κ3) is 5.93. The van der Waals surface area contributed by atoms with Gasteiger partial charge < -0.3 is 10.2 Å². The molecule has 1 unspecified atom stereocenters. The van der Waals surface area contributed by atoms with Gasteiger partial charge in [-0.2, -0.15) is 5.10 Å².